The maximum atomic E-state index is 11.6. The molecule has 1 aliphatic rings. The second-order valence-corrected chi connectivity index (χ2v) is 8.70. The van der Waals surface area contributed by atoms with Crippen LogP contribution in [0.25, 0.3) is 0 Å². The minimum atomic E-state index is -0.364. The van der Waals surface area contributed by atoms with E-state index in [2.05, 4.69) is 86.9 Å². The average Bonchev–Trinajstić information content (AvgIpc) is 3.16. The molecule has 1 heterocycles. The van der Waals surface area contributed by atoms with E-state index in [0.717, 1.165) is 13.0 Å². The van der Waals surface area contributed by atoms with Gasteiger partial charge in [-0.25, -0.2) is 4.79 Å². The van der Waals surface area contributed by atoms with E-state index in [-0.39, 0.29) is 24.1 Å². The molecule has 0 aliphatic carbocycles. The van der Waals surface area contributed by atoms with E-state index in [1.165, 1.54) is 29.4 Å². The van der Waals surface area contributed by atoms with Gasteiger partial charge in [0.2, 0.25) is 0 Å². The van der Waals surface area contributed by atoms with Crippen molar-refractivity contribution < 1.29 is 9.53 Å². The molecule has 4 nitrogen and oxygen atoms in total. The summed E-state index contributed by atoms with van der Waals surface area (Å²) in [7, 11) is 1.41. The highest BCUT2D eigenvalue weighted by Gasteiger charge is 2.33. The molecule has 1 amide bonds. The van der Waals surface area contributed by atoms with Gasteiger partial charge in [0, 0.05) is 24.5 Å². The summed E-state index contributed by atoms with van der Waals surface area (Å²) in [6.45, 7) is 9.64. The summed E-state index contributed by atoms with van der Waals surface area (Å²) in [5.41, 5.74) is 5.32. The molecule has 0 aromatic heterocycles. The molecule has 156 valence electrons. The summed E-state index contributed by atoms with van der Waals surface area (Å²) < 4.78 is 4.77. The molecule has 0 bridgehead atoms. The normalized spacial score (nSPS) is 19.2. The van der Waals surface area contributed by atoms with Crippen LogP contribution < -0.4 is 10.6 Å². The second kappa shape index (κ2) is 9.45. The lowest BCUT2D eigenvalue weighted by atomic mass is 9.82. The van der Waals surface area contributed by atoms with Crippen molar-refractivity contribution in [3.8, 4) is 0 Å². The highest BCUT2D eigenvalue weighted by atomic mass is 16.5. The Balaban J connectivity index is 1.88. The molecule has 2 aromatic rings. The number of carbonyl (C=O) groups is 1. The number of benzene rings is 2. The lowest BCUT2D eigenvalue weighted by Crippen LogP contribution is -2.35. The van der Waals surface area contributed by atoms with Gasteiger partial charge in [0.15, 0.2) is 0 Å². The quantitative estimate of drug-likeness (QED) is 0.712. The molecule has 1 aliphatic heterocycles. The Kier molecular flexibility index (Phi) is 6.96. The first-order valence-corrected chi connectivity index (χ1v) is 10.7. The molecule has 3 rings (SSSR count). The van der Waals surface area contributed by atoms with E-state index in [1.807, 2.05) is 0 Å². The zero-order valence-corrected chi connectivity index (χ0v) is 18.2. The third-order valence-corrected chi connectivity index (χ3v) is 6.00. The first-order chi connectivity index (χ1) is 13.9. The van der Waals surface area contributed by atoms with Crippen LogP contribution in [0.15, 0.2) is 48.5 Å². The first-order valence-electron chi connectivity index (χ1n) is 10.7. The van der Waals surface area contributed by atoms with Crippen LogP contribution in [0.2, 0.25) is 0 Å². The van der Waals surface area contributed by atoms with Crippen molar-refractivity contribution in [1.82, 2.24) is 10.6 Å². The molecule has 2 aromatic carbocycles. The van der Waals surface area contributed by atoms with Crippen LogP contribution in [-0.4, -0.2) is 31.8 Å². The summed E-state index contributed by atoms with van der Waals surface area (Å²) in [6, 6.07) is 18.4. The third kappa shape index (κ3) is 5.18. The Labute approximate surface area is 175 Å². The van der Waals surface area contributed by atoms with Gasteiger partial charge in [-0.1, -0.05) is 76.2 Å². The van der Waals surface area contributed by atoms with Gasteiger partial charge in [-0.05, 0) is 40.5 Å². The predicted octanol–water partition coefficient (Wildman–Crippen LogP) is 5.15. The smallest absolute Gasteiger partial charge is 0.407 e. The fraction of sp³-hybridized carbons (Fsp3) is 0.480. The van der Waals surface area contributed by atoms with Crippen molar-refractivity contribution in [1.29, 1.82) is 0 Å². The number of methoxy groups -OCH3 is 1. The van der Waals surface area contributed by atoms with Crippen molar-refractivity contribution in [3.05, 3.63) is 70.8 Å². The van der Waals surface area contributed by atoms with E-state index in [4.69, 9.17) is 4.74 Å². The van der Waals surface area contributed by atoms with E-state index >= 15 is 0 Å². The van der Waals surface area contributed by atoms with Gasteiger partial charge in [0.05, 0.1) is 7.11 Å². The van der Waals surface area contributed by atoms with Crippen LogP contribution in [0.4, 0.5) is 4.79 Å². The maximum absolute atomic E-state index is 11.6. The van der Waals surface area contributed by atoms with Gasteiger partial charge in [0.1, 0.15) is 0 Å². The summed E-state index contributed by atoms with van der Waals surface area (Å²) in [5, 5.41) is 6.58. The summed E-state index contributed by atoms with van der Waals surface area (Å²) in [6.07, 6.45) is 0.508. The van der Waals surface area contributed by atoms with E-state index in [1.54, 1.807) is 0 Å². The first kappa shape index (κ1) is 21.4. The number of amides is 1. The molecule has 1 saturated heterocycles. The van der Waals surface area contributed by atoms with Gasteiger partial charge >= 0.3 is 6.09 Å². The Hall–Kier alpha value is -2.33. The standard InChI is InChI=1S/C25H34N2O2/c1-16(2)18-6-10-20(11-7-18)24(21-12-8-19(9-13-21)17(3)4)23-14-22(15-26-23)27-25(28)29-5/h6-13,16-17,22-24,26H,14-15H2,1-5H3,(H,27,28)/t22-,23-/m1/s1. The van der Waals surface area contributed by atoms with Gasteiger partial charge in [-0.3, -0.25) is 0 Å². The number of nitrogens with one attached hydrogen (secondary N) is 2. The second-order valence-electron chi connectivity index (χ2n) is 8.70. The molecular weight excluding hydrogens is 360 g/mol. The van der Waals surface area contributed by atoms with Crippen LogP contribution in [0, 0.1) is 0 Å². The van der Waals surface area contributed by atoms with Crippen LogP contribution in [0.1, 0.15) is 74.1 Å². The minimum Gasteiger partial charge on any atom is -0.453 e. The fourth-order valence-corrected chi connectivity index (χ4v) is 4.19. The molecule has 2 atom stereocenters. The summed E-state index contributed by atoms with van der Waals surface area (Å²) >= 11 is 0. The van der Waals surface area contributed by atoms with Gasteiger partial charge in [-0.15, -0.1) is 0 Å². The van der Waals surface area contributed by atoms with Crippen molar-refractivity contribution >= 4 is 6.09 Å². The Morgan fingerprint density at radius 3 is 1.76 bits per heavy atom. The summed E-state index contributed by atoms with van der Waals surface area (Å²) in [4.78, 5) is 11.6. The maximum Gasteiger partial charge on any atom is 0.407 e. The molecule has 0 radical (unpaired) electrons. The van der Waals surface area contributed by atoms with E-state index in [0.29, 0.717) is 11.8 Å². The van der Waals surface area contributed by atoms with Crippen molar-refractivity contribution in [2.75, 3.05) is 13.7 Å². The lowest BCUT2D eigenvalue weighted by Gasteiger charge is -2.26. The molecule has 2 N–H and O–H groups in total. The molecule has 1 fully saturated rings. The van der Waals surface area contributed by atoms with Crippen LogP contribution in [0.5, 0.6) is 0 Å². The van der Waals surface area contributed by atoms with Gasteiger partial charge < -0.3 is 15.4 Å². The summed E-state index contributed by atoms with van der Waals surface area (Å²) in [5.74, 6) is 1.28. The molecule has 0 unspecified atom stereocenters. The van der Waals surface area contributed by atoms with Gasteiger partial charge in [0.25, 0.3) is 0 Å². The van der Waals surface area contributed by atoms with Gasteiger partial charge in [-0.2, -0.15) is 0 Å². The van der Waals surface area contributed by atoms with E-state index in [9.17, 15) is 4.79 Å². The predicted molar refractivity (Wildman–Crippen MR) is 119 cm³/mol. The van der Waals surface area contributed by atoms with Crippen LogP contribution in [0.3, 0.4) is 0 Å². The molecular formula is C25H34N2O2. The Morgan fingerprint density at radius 2 is 1.34 bits per heavy atom. The van der Waals surface area contributed by atoms with Crippen molar-refractivity contribution in [2.24, 2.45) is 0 Å². The molecule has 0 spiro atoms. The lowest BCUT2D eigenvalue weighted by molar-refractivity contribution is 0.167. The number of carbonyl (C=O) groups excluding carboxylic acids is 1. The average molecular weight is 395 g/mol. The molecule has 4 heteroatoms. The fourth-order valence-electron chi connectivity index (χ4n) is 4.19. The highest BCUT2D eigenvalue weighted by Crippen LogP contribution is 2.34. The molecule has 29 heavy (non-hydrogen) atoms. The van der Waals surface area contributed by atoms with Crippen molar-refractivity contribution in [3.63, 3.8) is 0 Å². The number of ether oxygens (including phenoxy) is 1. The number of hydrogen-bond acceptors (Lipinski definition) is 3. The minimum absolute atomic E-state index is 0.0832. The molecule has 0 saturated carbocycles. The third-order valence-electron chi connectivity index (χ3n) is 6.00. The van der Waals surface area contributed by atoms with Crippen LogP contribution >= 0.6 is 0 Å². The van der Waals surface area contributed by atoms with E-state index < -0.39 is 0 Å². The number of alkyl carbamates (subject to hydrolysis) is 1. The monoisotopic (exact) mass is 394 g/mol. The highest BCUT2D eigenvalue weighted by molar-refractivity contribution is 5.67. The van der Waals surface area contributed by atoms with Crippen LogP contribution in [-0.2, 0) is 4.74 Å². The number of hydrogen-bond donors (Lipinski definition) is 2. The SMILES string of the molecule is COC(=O)N[C@H]1CN[C@@H](C(c2ccc(C(C)C)cc2)c2ccc(C(C)C)cc2)C1. The van der Waals surface area contributed by atoms with Crippen molar-refractivity contribution in [2.45, 2.75) is 64.0 Å². The Bertz CT molecular complexity index is 745. The zero-order valence-electron chi connectivity index (χ0n) is 18.2. The number of rotatable bonds is 6. The Morgan fingerprint density at radius 1 is 0.897 bits per heavy atom. The largest absolute Gasteiger partial charge is 0.453 e. The topological polar surface area (TPSA) is 50.4 Å². The zero-order chi connectivity index (χ0) is 21.0.